The van der Waals surface area contributed by atoms with Gasteiger partial charge in [-0.15, -0.1) is 5.10 Å². The van der Waals surface area contributed by atoms with E-state index in [1.807, 2.05) is 67.6 Å². The molecule has 8 nitrogen and oxygen atoms in total. The second-order valence-electron chi connectivity index (χ2n) is 10.3. The van der Waals surface area contributed by atoms with Gasteiger partial charge in [-0.2, -0.15) is 4.98 Å². The Morgan fingerprint density at radius 1 is 1.04 bits per heavy atom. The van der Waals surface area contributed by atoms with E-state index < -0.39 is 6.04 Å². The minimum atomic E-state index is -0.606. The highest BCUT2D eigenvalue weighted by Gasteiger charge is 2.34. The van der Waals surface area contributed by atoms with Crippen LogP contribution in [0.2, 0.25) is 0 Å². The number of para-hydroxylation sites is 2. The minimum Gasteiger partial charge on any atom is -0.495 e. The van der Waals surface area contributed by atoms with E-state index in [1.165, 1.54) is 17.8 Å². The number of rotatable bonds is 10. The molecule has 45 heavy (non-hydrogen) atoms. The summed E-state index contributed by atoms with van der Waals surface area (Å²) in [5, 5.41) is 11.5. The van der Waals surface area contributed by atoms with Crippen LogP contribution >= 0.6 is 27.7 Å². The largest absolute Gasteiger partial charge is 0.495 e. The average molecular weight is 687 g/mol. The molecule has 228 valence electrons. The normalized spacial score (nSPS) is 14.0. The van der Waals surface area contributed by atoms with Crippen LogP contribution in [-0.2, 0) is 17.2 Å². The Morgan fingerprint density at radius 2 is 1.82 bits per heavy atom. The van der Waals surface area contributed by atoms with E-state index in [0.717, 1.165) is 15.6 Å². The van der Waals surface area contributed by atoms with Crippen LogP contribution in [0.5, 0.6) is 11.5 Å². The van der Waals surface area contributed by atoms with Crippen molar-refractivity contribution in [3.8, 4) is 11.5 Å². The van der Waals surface area contributed by atoms with Crippen LogP contribution in [0.4, 0.5) is 16.0 Å². The molecule has 0 spiro atoms. The van der Waals surface area contributed by atoms with Gasteiger partial charge in [-0.3, -0.25) is 4.79 Å². The maximum Gasteiger partial charge on any atom is 0.255 e. The van der Waals surface area contributed by atoms with E-state index in [0.29, 0.717) is 57.5 Å². The Balaban J connectivity index is 1.31. The molecule has 0 radical (unpaired) electrons. The van der Waals surface area contributed by atoms with Crippen LogP contribution in [0.3, 0.4) is 0 Å². The summed E-state index contributed by atoms with van der Waals surface area (Å²) >= 11 is 4.82. The Labute approximate surface area is 272 Å². The predicted molar refractivity (Wildman–Crippen MR) is 177 cm³/mol. The van der Waals surface area contributed by atoms with Gasteiger partial charge < -0.3 is 20.1 Å². The summed E-state index contributed by atoms with van der Waals surface area (Å²) in [7, 11) is 1.56. The van der Waals surface area contributed by atoms with E-state index in [2.05, 4.69) is 31.5 Å². The van der Waals surface area contributed by atoms with Crippen LogP contribution in [-0.4, -0.2) is 27.8 Å². The van der Waals surface area contributed by atoms with Crippen molar-refractivity contribution in [2.45, 2.75) is 30.5 Å². The minimum absolute atomic E-state index is 0.278. The van der Waals surface area contributed by atoms with Crippen molar-refractivity contribution in [3.63, 3.8) is 0 Å². The number of ether oxygens (including phenoxy) is 2. The van der Waals surface area contributed by atoms with E-state index in [9.17, 15) is 9.18 Å². The van der Waals surface area contributed by atoms with Crippen LogP contribution in [0, 0.1) is 5.82 Å². The predicted octanol–water partition coefficient (Wildman–Crippen LogP) is 7.99. The van der Waals surface area contributed by atoms with Gasteiger partial charge in [0.1, 0.15) is 30.0 Å². The summed E-state index contributed by atoms with van der Waals surface area (Å²) in [6.45, 7) is 2.25. The van der Waals surface area contributed by atoms with Crippen LogP contribution in [0.15, 0.2) is 118 Å². The number of hydrogen-bond donors (Lipinski definition) is 2. The van der Waals surface area contributed by atoms with Gasteiger partial charge in [0, 0.05) is 15.9 Å². The molecule has 1 aliphatic rings. The lowest BCUT2D eigenvalue weighted by atomic mass is 9.95. The van der Waals surface area contributed by atoms with Crippen molar-refractivity contribution in [1.82, 2.24) is 14.8 Å². The second kappa shape index (κ2) is 13.6. The smallest absolute Gasteiger partial charge is 0.255 e. The number of hydrogen-bond acceptors (Lipinski definition) is 7. The Kier molecular flexibility index (Phi) is 9.18. The zero-order chi connectivity index (χ0) is 31.3. The molecule has 2 heterocycles. The van der Waals surface area contributed by atoms with Crippen LogP contribution in [0.25, 0.3) is 0 Å². The molecule has 0 aliphatic carbocycles. The van der Waals surface area contributed by atoms with Gasteiger partial charge in [0.05, 0.1) is 18.4 Å². The van der Waals surface area contributed by atoms with Gasteiger partial charge >= 0.3 is 0 Å². The van der Waals surface area contributed by atoms with Crippen LogP contribution in [0.1, 0.15) is 29.7 Å². The van der Waals surface area contributed by atoms with Gasteiger partial charge in [0.2, 0.25) is 11.1 Å². The van der Waals surface area contributed by atoms with Crippen molar-refractivity contribution in [2.75, 3.05) is 17.7 Å². The fourth-order valence-electron chi connectivity index (χ4n) is 5.03. The fraction of sp³-hybridized carbons (Fsp3) is 0.147. The van der Waals surface area contributed by atoms with Crippen molar-refractivity contribution in [3.05, 3.63) is 135 Å². The van der Waals surface area contributed by atoms with Gasteiger partial charge in [0.25, 0.3) is 5.91 Å². The Hall–Kier alpha value is -4.61. The number of halogens is 2. The van der Waals surface area contributed by atoms with Crippen molar-refractivity contribution < 1.29 is 18.7 Å². The highest BCUT2D eigenvalue weighted by atomic mass is 79.9. The molecule has 0 saturated heterocycles. The van der Waals surface area contributed by atoms with E-state index in [4.69, 9.17) is 14.6 Å². The molecule has 0 fully saturated rings. The molecule has 6 rings (SSSR count). The van der Waals surface area contributed by atoms with Crippen LogP contribution < -0.4 is 20.1 Å². The Morgan fingerprint density at radius 3 is 2.60 bits per heavy atom. The average Bonchev–Trinajstić information content (AvgIpc) is 3.45. The molecule has 4 aromatic carbocycles. The maximum atomic E-state index is 14.3. The number of carbonyl (C=O) groups is 1. The monoisotopic (exact) mass is 685 g/mol. The first-order valence-corrected chi connectivity index (χ1v) is 15.9. The molecule has 0 bridgehead atoms. The third-order valence-corrected chi connectivity index (χ3v) is 8.62. The highest BCUT2D eigenvalue weighted by Crippen LogP contribution is 2.38. The molecule has 1 aromatic heterocycles. The molecule has 11 heteroatoms. The summed E-state index contributed by atoms with van der Waals surface area (Å²) in [4.78, 5) is 18.6. The number of fused-ring (bicyclic) bond motifs is 1. The third kappa shape index (κ3) is 6.89. The zero-order valence-electron chi connectivity index (χ0n) is 24.5. The number of amides is 1. The number of anilines is 2. The first kappa shape index (κ1) is 30.4. The lowest BCUT2D eigenvalue weighted by Crippen LogP contribution is -2.31. The summed E-state index contributed by atoms with van der Waals surface area (Å²) < 4.78 is 28.5. The third-order valence-electron chi connectivity index (χ3n) is 7.24. The number of methoxy groups -OCH3 is 1. The van der Waals surface area contributed by atoms with Gasteiger partial charge in [-0.25, -0.2) is 9.07 Å². The molecule has 1 amide bonds. The van der Waals surface area contributed by atoms with E-state index in [-0.39, 0.29) is 11.7 Å². The number of nitrogens with one attached hydrogen (secondary N) is 2. The Bertz CT molecular complexity index is 1880. The number of benzene rings is 4. The fourth-order valence-corrected chi connectivity index (χ4v) is 6.29. The van der Waals surface area contributed by atoms with Gasteiger partial charge in [-0.05, 0) is 66.1 Å². The maximum absolute atomic E-state index is 14.3. The summed E-state index contributed by atoms with van der Waals surface area (Å²) in [5.41, 5.74) is 4.05. The van der Waals surface area contributed by atoms with Crippen molar-refractivity contribution >= 4 is 45.2 Å². The summed E-state index contributed by atoms with van der Waals surface area (Å²) in [6, 6.07) is 28.8. The molecule has 1 aliphatic heterocycles. The van der Waals surface area contributed by atoms with Crippen molar-refractivity contribution in [2.24, 2.45) is 0 Å². The first-order valence-electron chi connectivity index (χ1n) is 14.1. The topological polar surface area (TPSA) is 90.3 Å². The molecule has 2 N–H and O–H groups in total. The zero-order valence-corrected chi connectivity index (χ0v) is 26.9. The molecule has 1 atom stereocenters. The molecule has 5 aromatic rings. The van der Waals surface area contributed by atoms with Crippen molar-refractivity contribution in [1.29, 1.82) is 0 Å². The lowest BCUT2D eigenvalue weighted by Gasteiger charge is -2.29. The lowest BCUT2D eigenvalue weighted by molar-refractivity contribution is -0.113. The molecule has 0 saturated carbocycles. The summed E-state index contributed by atoms with van der Waals surface area (Å²) in [6.07, 6.45) is 0. The van der Waals surface area contributed by atoms with E-state index in [1.54, 1.807) is 42.1 Å². The quantitative estimate of drug-likeness (QED) is 0.144. The number of aromatic nitrogens is 3. The number of nitrogens with zero attached hydrogens (tertiary/aromatic N) is 3. The number of carbonyl (C=O) groups excluding carboxylic acids is 1. The highest BCUT2D eigenvalue weighted by molar-refractivity contribution is 9.10. The standard InChI is InChI=1S/C34H29BrFN5O3S/c1-21-30(32(42)38-28-12-5-6-13-29(28)43-2)31(23-14-16-26(17-15-23)44-19-22-8-7-10-25(35)18-22)41-33(37-21)39-34(40-41)45-20-24-9-3-4-11-27(24)36/h3-18,31H,19-20H2,1-2H3,(H,38,42)(H,37,39,40). The summed E-state index contributed by atoms with van der Waals surface area (Å²) in [5.74, 6) is 1.49. The molecule has 1 unspecified atom stereocenters. The number of allylic oxidation sites excluding steroid dienone is 1. The molecular formula is C34H29BrFN5O3S. The van der Waals surface area contributed by atoms with Gasteiger partial charge in [-0.1, -0.05) is 82.3 Å². The first-order chi connectivity index (χ1) is 21.9. The second-order valence-corrected chi connectivity index (χ2v) is 12.1. The number of thioether (sulfide) groups is 1. The van der Waals surface area contributed by atoms with E-state index >= 15 is 0 Å². The molecular weight excluding hydrogens is 657 g/mol. The van der Waals surface area contributed by atoms with Gasteiger partial charge in [0.15, 0.2) is 0 Å². The SMILES string of the molecule is COc1ccccc1NC(=O)C1=C(C)Nc2nc(SCc3ccccc3F)nn2C1c1ccc(OCc2cccc(Br)c2)cc1.